The summed E-state index contributed by atoms with van der Waals surface area (Å²) in [7, 11) is 0. The fourth-order valence-corrected chi connectivity index (χ4v) is 8.39. The molecule has 0 unspecified atom stereocenters. The van der Waals surface area contributed by atoms with E-state index >= 15 is 0 Å². The fraction of sp³-hybridized carbons (Fsp3) is 0.359. The van der Waals surface area contributed by atoms with Crippen LogP contribution in [-0.2, 0) is 9.59 Å². The van der Waals surface area contributed by atoms with Crippen molar-refractivity contribution in [1.29, 1.82) is 0 Å². The first-order chi connectivity index (χ1) is 25.5. The number of carbonyl (C=O) groups is 3. The third-order valence-electron chi connectivity index (χ3n) is 9.33. The fourth-order valence-electron chi connectivity index (χ4n) is 6.24. The minimum atomic E-state index is -0.514. The number of nitrogens with zero attached hydrogens (tertiary/aromatic N) is 5. The summed E-state index contributed by atoms with van der Waals surface area (Å²) < 4.78 is 2.05. The highest BCUT2D eigenvalue weighted by molar-refractivity contribution is 7.16. The van der Waals surface area contributed by atoms with E-state index in [9.17, 15) is 14.4 Å². The molecule has 0 fully saturated rings. The van der Waals surface area contributed by atoms with Crippen molar-refractivity contribution >= 4 is 68.5 Å². The van der Waals surface area contributed by atoms with Crippen molar-refractivity contribution < 1.29 is 14.4 Å². The molecule has 14 heteroatoms. The van der Waals surface area contributed by atoms with Gasteiger partial charge < -0.3 is 10.6 Å². The van der Waals surface area contributed by atoms with E-state index in [2.05, 4.69) is 45.0 Å². The van der Waals surface area contributed by atoms with E-state index in [0.29, 0.717) is 40.2 Å². The maximum Gasteiger partial charge on any atom is 0.259 e. The minimum Gasteiger partial charge on any atom is -0.356 e. The molecule has 6 rings (SSSR count). The summed E-state index contributed by atoms with van der Waals surface area (Å²) in [6.07, 6.45) is 4.80. The lowest BCUT2D eigenvalue weighted by Gasteiger charge is -2.13. The van der Waals surface area contributed by atoms with Crippen molar-refractivity contribution in [2.45, 2.75) is 85.6 Å². The van der Waals surface area contributed by atoms with Crippen molar-refractivity contribution in [3.05, 3.63) is 103 Å². The molecule has 276 valence electrons. The number of halogens is 1. The Hall–Kier alpha value is -4.72. The Bertz CT molecular complexity index is 2150. The number of unbranched alkanes of at least 4 members (excludes halogenated alkanes) is 4. The molecule has 2 aromatic carbocycles. The molecule has 0 spiro atoms. The molecular weight excluding hydrogens is 728 g/mol. The van der Waals surface area contributed by atoms with Gasteiger partial charge in [0.2, 0.25) is 11.8 Å². The van der Waals surface area contributed by atoms with Gasteiger partial charge in [0.1, 0.15) is 16.9 Å². The number of aryl methyl sites for hydroxylation is 4. The van der Waals surface area contributed by atoms with Crippen molar-refractivity contribution in [1.82, 2.24) is 25.1 Å². The maximum atomic E-state index is 13.3. The number of rotatable bonds is 14. The molecule has 3 N–H and O–H groups in total. The van der Waals surface area contributed by atoms with E-state index in [1.54, 1.807) is 35.6 Å². The summed E-state index contributed by atoms with van der Waals surface area (Å²) in [4.78, 5) is 50.7. The molecule has 0 radical (unpaired) electrons. The predicted molar refractivity (Wildman–Crippen MR) is 213 cm³/mol. The molecule has 1 aliphatic heterocycles. The Morgan fingerprint density at radius 3 is 2.32 bits per heavy atom. The zero-order valence-electron chi connectivity index (χ0n) is 30.5. The molecule has 3 amide bonds. The number of para-hydroxylation sites is 1. The summed E-state index contributed by atoms with van der Waals surface area (Å²) in [5.41, 5.74) is 5.67. The SMILES string of the molecule is Cc1nc(NC(=O)c2ccccc2NC(=O)CCCCCCCNC(=O)C[C@@H]2N=C(c3ccc(Cl)cc3)c3c(sc(C)c3C)-n3c(C)nnc32)sc1C. The lowest BCUT2D eigenvalue weighted by Crippen LogP contribution is -2.26. The maximum absolute atomic E-state index is 13.3. The van der Waals surface area contributed by atoms with Crippen molar-refractivity contribution in [3.63, 3.8) is 0 Å². The first-order valence-electron chi connectivity index (χ1n) is 17.8. The molecule has 11 nitrogen and oxygen atoms in total. The summed E-state index contributed by atoms with van der Waals surface area (Å²) in [6, 6.07) is 14.1. The van der Waals surface area contributed by atoms with Gasteiger partial charge in [-0.05, 0) is 77.3 Å². The average molecular weight is 771 g/mol. The standard InChI is InChI=1S/C39H43ClN8O3S2/c1-22-24(3)52-38-34(22)35(27-16-18-28(40)19-17-27)44-31(36-47-46-26(5)48(36)38)21-33(50)41-20-12-8-6-7-9-15-32(49)43-30-14-11-10-13-29(30)37(51)45-39-42-23(2)25(4)53-39/h10-11,13-14,16-19,31H,6-9,12,15,20-21H2,1-5H3,(H,41,50)(H,43,49)(H,42,45,51)/t31-/m0/s1. The summed E-state index contributed by atoms with van der Waals surface area (Å²) in [6.45, 7) is 10.5. The topological polar surface area (TPSA) is 143 Å². The number of anilines is 2. The van der Waals surface area contributed by atoms with Crippen molar-refractivity contribution in [2.24, 2.45) is 4.99 Å². The first-order valence-corrected chi connectivity index (χ1v) is 19.8. The van der Waals surface area contributed by atoms with Gasteiger partial charge in [-0.1, -0.05) is 55.1 Å². The third-order valence-corrected chi connectivity index (χ3v) is 11.8. The number of aliphatic imine (C=N–C) groups is 1. The van der Waals surface area contributed by atoms with E-state index in [1.807, 2.05) is 49.6 Å². The molecule has 1 aliphatic rings. The Balaban J connectivity index is 0.963. The molecule has 0 saturated heterocycles. The number of nitrogens with one attached hydrogen (secondary N) is 3. The van der Waals surface area contributed by atoms with E-state index in [0.717, 1.165) is 75.9 Å². The second-order valence-electron chi connectivity index (χ2n) is 13.2. The van der Waals surface area contributed by atoms with Crippen LogP contribution in [-0.4, -0.2) is 49.7 Å². The van der Waals surface area contributed by atoms with Crippen LogP contribution in [0.3, 0.4) is 0 Å². The molecule has 5 aromatic rings. The number of hydrogen-bond acceptors (Lipinski definition) is 9. The van der Waals surface area contributed by atoms with Crippen LogP contribution in [0.1, 0.15) is 105 Å². The number of benzene rings is 2. The van der Waals surface area contributed by atoms with E-state index < -0.39 is 6.04 Å². The average Bonchev–Trinajstić information content (AvgIpc) is 3.73. The van der Waals surface area contributed by atoms with Crippen LogP contribution in [0.4, 0.5) is 10.8 Å². The number of aromatic nitrogens is 4. The zero-order chi connectivity index (χ0) is 37.6. The number of hydrogen-bond donors (Lipinski definition) is 3. The molecule has 0 saturated carbocycles. The molecule has 3 aromatic heterocycles. The van der Waals surface area contributed by atoms with Crippen LogP contribution in [0.2, 0.25) is 5.02 Å². The Labute approximate surface area is 322 Å². The third kappa shape index (κ3) is 8.91. The number of amides is 3. The molecular formula is C39H43ClN8O3S2. The van der Waals surface area contributed by atoms with Gasteiger partial charge in [-0.25, -0.2) is 4.98 Å². The second-order valence-corrected chi connectivity index (χ2v) is 16.0. The van der Waals surface area contributed by atoms with Crippen LogP contribution < -0.4 is 16.0 Å². The minimum absolute atomic E-state index is 0.0953. The van der Waals surface area contributed by atoms with Crippen LogP contribution in [0.25, 0.3) is 5.00 Å². The Morgan fingerprint density at radius 1 is 0.830 bits per heavy atom. The monoisotopic (exact) mass is 770 g/mol. The van der Waals surface area contributed by atoms with Gasteiger partial charge in [-0.3, -0.25) is 29.3 Å². The lowest BCUT2D eigenvalue weighted by atomic mass is 9.99. The molecule has 4 heterocycles. The highest BCUT2D eigenvalue weighted by atomic mass is 35.5. The number of thiazole rings is 1. The van der Waals surface area contributed by atoms with Crippen LogP contribution in [0.5, 0.6) is 0 Å². The normalized spacial score (nSPS) is 13.5. The Morgan fingerprint density at radius 2 is 1.57 bits per heavy atom. The number of thiophene rings is 1. The predicted octanol–water partition coefficient (Wildman–Crippen LogP) is 8.61. The van der Waals surface area contributed by atoms with Crippen molar-refractivity contribution in [2.75, 3.05) is 17.2 Å². The van der Waals surface area contributed by atoms with Crippen LogP contribution in [0, 0.1) is 34.6 Å². The molecule has 1 atom stereocenters. The molecule has 53 heavy (non-hydrogen) atoms. The summed E-state index contributed by atoms with van der Waals surface area (Å²) >= 11 is 9.32. The van der Waals surface area contributed by atoms with Gasteiger partial charge >= 0.3 is 0 Å². The quantitative estimate of drug-likeness (QED) is 0.0966. The van der Waals surface area contributed by atoms with Crippen LogP contribution in [0.15, 0.2) is 53.5 Å². The Kier molecular flexibility index (Phi) is 12.2. The van der Waals surface area contributed by atoms with Crippen LogP contribution >= 0.6 is 34.3 Å². The highest BCUT2D eigenvalue weighted by Gasteiger charge is 2.32. The second kappa shape index (κ2) is 17.0. The van der Waals surface area contributed by atoms with Gasteiger partial charge in [0.05, 0.1) is 29.1 Å². The molecule has 0 bridgehead atoms. The zero-order valence-corrected chi connectivity index (χ0v) is 32.9. The molecule has 0 aliphatic carbocycles. The summed E-state index contributed by atoms with van der Waals surface area (Å²) in [5.74, 6) is 0.864. The highest BCUT2D eigenvalue weighted by Crippen LogP contribution is 2.39. The van der Waals surface area contributed by atoms with Gasteiger partial charge in [-0.15, -0.1) is 32.9 Å². The first kappa shape index (κ1) is 38.0. The van der Waals surface area contributed by atoms with E-state index in [1.165, 1.54) is 16.2 Å². The largest absolute Gasteiger partial charge is 0.356 e. The number of carbonyl (C=O) groups excluding carboxylic acids is 3. The van der Waals surface area contributed by atoms with Gasteiger partial charge in [0.25, 0.3) is 5.91 Å². The van der Waals surface area contributed by atoms with E-state index in [-0.39, 0.29) is 24.1 Å². The summed E-state index contributed by atoms with van der Waals surface area (Å²) in [5, 5.41) is 19.9. The van der Waals surface area contributed by atoms with Gasteiger partial charge in [0, 0.05) is 38.9 Å². The van der Waals surface area contributed by atoms with E-state index in [4.69, 9.17) is 16.6 Å². The smallest absolute Gasteiger partial charge is 0.259 e. The van der Waals surface area contributed by atoms with Crippen molar-refractivity contribution in [3.8, 4) is 5.00 Å². The lowest BCUT2D eigenvalue weighted by molar-refractivity contribution is -0.121. The number of fused-ring (bicyclic) bond motifs is 3. The van der Waals surface area contributed by atoms with Gasteiger partial charge in [-0.2, -0.15) is 0 Å². The van der Waals surface area contributed by atoms with Gasteiger partial charge in [0.15, 0.2) is 11.0 Å².